The van der Waals surface area contributed by atoms with Gasteiger partial charge >= 0.3 is 23.9 Å². The number of carbonyl (C=O) groups is 4. The van der Waals surface area contributed by atoms with Crippen molar-refractivity contribution in [3.05, 3.63) is 0 Å². The topological polar surface area (TPSA) is 149 Å². The zero-order chi connectivity index (χ0) is 17.6. The Morgan fingerprint density at radius 1 is 0.870 bits per heavy atom. The molecule has 4 N–H and O–H groups in total. The third-order valence-electron chi connectivity index (χ3n) is 4.56. The first kappa shape index (κ1) is 18.9. The second-order valence-electron chi connectivity index (χ2n) is 6.06. The molecule has 2 aliphatic rings. The first-order chi connectivity index (χ1) is 10.7. The maximum atomic E-state index is 11.1. The molecule has 0 saturated heterocycles. The van der Waals surface area contributed by atoms with Crippen LogP contribution in [0.5, 0.6) is 0 Å². The van der Waals surface area contributed by atoms with Gasteiger partial charge in [0, 0.05) is 12.8 Å². The monoisotopic (exact) mass is 330 g/mol. The van der Waals surface area contributed by atoms with Crippen molar-refractivity contribution in [3.63, 3.8) is 0 Å². The van der Waals surface area contributed by atoms with E-state index in [0.29, 0.717) is 6.42 Å². The summed E-state index contributed by atoms with van der Waals surface area (Å²) < 4.78 is 0. The predicted octanol–water partition coefficient (Wildman–Crippen LogP) is 1.68. The molecule has 0 aliphatic heterocycles. The van der Waals surface area contributed by atoms with Crippen LogP contribution in [0.2, 0.25) is 0 Å². The molecule has 0 radical (unpaired) electrons. The van der Waals surface area contributed by atoms with Gasteiger partial charge in [-0.15, -0.1) is 0 Å². The highest BCUT2D eigenvalue weighted by Gasteiger charge is 2.68. The molecule has 2 unspecified atom stereocenters. The van der Waals surface area contributed by atoms with Crippen molar-refractivity contribution >= 4 is 23.9 Å². The smallest absolute Gasteiger partial charge is 0.310 e. The van der Waals surface area contributed by atoms with Crippen molar-refractivity contribution in [1.82, 2.24) is 0 Å². The lowest BCUT2D eigenvalue weighted by atomic mass is 9.85. The summed E-state index contributed by atoms with van der Waals surface area (Å²) in [7, 11) is 0. The van der Waals surface area contributed by atoms with Crippen LogP contribution in [0.25, 0.3) is 0 Å². The van der Waals surface area contributed by atoms with Crippen LogP contribution in [0.15, 0.2) is 0 Å². The maximum Gasteiger partial charge on any atom is 0.310 e. The van der Waals surface area contributed by atoms with Crippen LogP contribution >= 0.6 is 0 Å². The normalized spacial score (nSPS) is 26.0. The number of rotatable bonds is 7. The van der Waals surface area contributed by atoms with Gasteiger partial charge in [0.15, 0.2) is 0 Å². The molecule has 2 fully saturated rings. The lowest BCUT2D eigenvalue weighted by Gasteiger charge is -2.18. The number of aliphatic carboxylic acids is 4. The second-order valence-corrected chi connectivity index (χ2v) is 6.06. The van der Waals surface area contributed by atoms with Crippen LogP contribution in [0.3, 0.4) is 0 Å². The molecular weight excluding hydrogens is 308 g/mol. The molecule has 0 aromatic carbocycles. The third kappa shape index (κ3) is 4.94. The van der Waals surface area contributed by atoms with Crippen LogP contribution in [0.4, 0.5) is 0 Å². The van der Waals surface area contributed by atoms with Crippen LogP contribution in [0, 0.1) is 17.3 Å². The van der Waals surface area contributed by atoms with Crippen LogP contribution in [-0.2, 0) is 19.2 Å². The lowest BCUT2D eigenvalue weighted by Crippen LogP contribution is -2.28. The molecule has 0 aromatic rings. The van der Waals surface area contributed by atoms with Gasteiger partial charge in [-0.2, -0.15) is 0 Å². The summed E-state index contributed by atoms with van der Waals surface area (Å²) in [6.45, 7) is 0. The Balaban J connectivity index is 0.000000257. The molecule has 2 atom stereocenters. The minimum absolute atomic E-state index is 0.0632. The fraction of sp³-hybridized carbons (Fsp3) is 0.733. The van der Waals surface area contributed by atoms with Gasteiger partial charge in [-0.1, -0.05) is 12.8 Å². The van der Waals surface area contributed by atoms with E-state index in [9.17, 15) is 19.2 Å². The van der Waals surface area contributed by atoms with Gasteiger partial charge in [0.2, 0.25) is 0 Å². The number of carboxylic acids is 4. The van der Waals surface area contributed by atoms with Crippen molar-refractivity contribution < 1.29 is 39.6 Å². The zero-order valence-electron chi connectivity index (χ0n) is 12.7. The Bertz CT molecular complexity index is 466. The summed E-state index contributed by atoms with van der Waals surface area (Å²) in [4.78, 5) is 41.5. The quantitative estimate of drug-likeness (QED) is 0.550. The van der Waals surface area contributed by atoms with Crippen LogP contribution < -0.4 is 0 Å². The van der Waals surface area contributed by atoms with Gasteiger partial charge < -0.3 is 20.4 Å². The molecular formula is C15H22O8. The largest absolute Gasteiger partial charge is 0.481 e. The van der Waals surface area contributed by atoms with Crippen molar-refractivity contribution in [1.29, 1.82) is 0 Å². The van der Waals surface area contributed by atoms with E-state index in [0.717, 1.165) is 25.7 Å². The summed E-state index contributed by atoms with van der Waals surface area (Å²) in [5.41, 5.74) is -0.914. The van der Waals surface area contributed by atoms with E-state index in [1.54, 1.807) is 0 Å². The predicted molar refractivity (Wildman–Crippen MR) is 76.9 cm³/mol. The van der Waals surface area contributed by atoms with Gasteiger partial charge in [0.1, 0.15) is 0 Å². The summed E-state index contributed by atoms with van der Waals surface area (Å²) in [5.74, 6) is -4.28. The molecule has 0 spiro atoms. The van der Waals surface area contributed by atoms with Gasteiger partial charge in [0.05, 0.1) is 11.3 Å². The number of hydrogen-bond acceptors (Lipinski definition) is 4. The van der Waals surface area contributed by atoms with Crippen molar-refractivity contribution in [2.45, 2.75) is 51.4 Å². The fourth-order valence-corrected chi connectivity index (χ4v) is 3.28. The highest BCUT2D eigenvalue weighted by Crippen LogP contribution is 2.62. The first-order valence-corrected chi connectivity index (χ1v) is 7.61. The molecule has 0 heterocycles. The van der Waals surface area contributed by atoms with E-state index in [1.165, 1.54) is 0 Å². The minimum atomic E-state index is -0.948. The molecule has 2 saturated carbocycles. The summed E-state index contributed by atoms with van der Waals surface area (Å²) >= 11 is 0. The number of hydrogen-bond donors (Lipinski definition) is 4. The molecule has 0 bridgehead atoms. The van der Waals surface area contributed by atoms with E-state index in [-0.39, 0.29) is 25.2 Å². The Morgan fingerprint density at radius 3 is 1.65 bits per heavy atom. The molecule has 130 valence electrons. The van der Waals surface area contributed by atoms with Crippen molar-refractivity contribution in [2.75, 3.05) is 0 Å². The average molecular weight is 330 g/mol. The second kappa shape index (κ2) is 7.94. The van der Waals surface area contributed by atoms with E-state index < -0.39 is 35.2 Å². The number of carboxylic acid groups (broad SMARTS) is 4. The first-order valence-electron chi connectivity index (χ1n) is 7.61. The summed E-state index contributed by atoms with van der Waals surface area (Å²) in [6.07, 6.45) is 4.29. The zero-order valence-corrected chi connectivity index (χ0v) is 12.7. The van der Waals surface area contributed by atoms with Gasteiger partial charge in [-0.05, 0) is 31.6 Å². The highest BCUT2D eigenvalue weighted by atomic mass is 16.4. The molecule has 2 rings (SSSR count). The highest BCUT2D eigenvalue weighted by molar-refractivity contribution is 5.89. The molecule has 8 nitrogen and oxygen atoms in total. The van der Waals surface area contributed by atoms with E-state index >= 15 is 0 Å². The fourth-order valence-electron chi connectivity index (χ4n) is 3.28. The van der Waals surface area contributed by atoms with Crippen LogP contribution in [-0.4, -0.2) is 44.3 Å². The summed E-state index contributed by atoms with van der Waals surface area (Å²) in [5, 5.41) is 34.0. The molecule has 0 amide bonds. The maximum absolute atomic E-state index is 11.1. The average Bonchev–Trinajstić information content (AvgIpc) is 2.98. The van der Waals surface area contributed by atoms with Gasteiger partial charge in [-0.3, -0.25) is 19.2 Å². The van der Waals surface area contributed by atoms with E-state index in [4.69, 9.17) is 20.4 Å². The summed E-state index contributed by atoms with van der Waals surface area (Å²) in [6, 6.07) is 0. The SMILES string of the molecule is O=C(O)C1CC1(C(=O)O)C1CCCC1.O=C(O)CCCC(=O)O. The standard InChI is InChI=1S/C10H14O4.C5H8O4/c11-8(12)7-5-10(7,9(13)14)6-3-1-2-4-6;6-4(7)2-1-3-5(8)9/h6-7H,1-5H2,(H,11,12)(H,13,14);1-3H2,(H,6,7)(H,8,9). The van der Waals surface area contributed by atoms with Gasteiger partial charge in [0.25, 0.3) is 0 Å². The third-order valence-corrected chi connectivity index (χ3v) is 4.56. The van der Waals surface area contributed by atoms with Crippen molar-refractivity contribution in [2.24, 2.45) is 17.3 Å². The Morgan fingerprint density at radius 2 is 1.35 bits per heavy atom. The van der Waals surface area contributed by atoms with E-state index in [1.807, 2.05) is 0 Å². The molecule has 2 aliphatic carbocycles. The van der Waals surface area contributed by atoms with Crippen LogP contribution in [0.1, 0.15) is 51.4 Å². The molecule has 0 aromatic heterocycles. The lowest BCUT2D eigenvalue weighted by molar-refractivity contribution is -0.151. The minimum Gasteiger partial charge on any atom is -0.481 e. The molecule has 23 heavy (non-hydrogen) atoms. The Labute approximate surface area is 133 Å². The molecule has 8 heteroatoms. The van der Waals surface area contributed by atoms with Gasteiger partial charge in [-0.25, -0.2) is 0 Å². The van der Waals surface area contributed by atoms with E-state index in [2.05, 4.69) is 0 Å². The Hall–Kier alpha value is -2.12. The Kier molecular flexibility index (Phi) is 6.53. The van der Waals surface area contributed by atoms with Crippen molar-refractivity contribution in [3.8, 4) is 0 Å².